The number of nitrogens with zero attached hydrogens (tertiary/aromatic N) is 2. The van der Waals surface area contributed by atoms with Crippen molar-refractivity contribution in [1.29, 1.82) is 0 Å². The van der Waals surface area contributed by atoms with Gasteiger partial charge >= 0.3 is 0 Å². The summed E-state index contributed by atoms with van der Waals surface area (Å²) >= 11 is 6.04. The van der Waals surface area contributed by atoms with E-state index in [0.29, 0.717) is 12.5 Å². The molecule has 1 aromatic rings. The minimum absolute atomic E-state index is 0.631. The van der Waals surface area contributed by atoms with E-state index in [-0.39, 0.29) is 0 Å². The lowest BCUT2D eigenvalue weighted by Crippen LogP contribution is -2.06. The van der Waals surface area contributed by atoms with Gasteiger partial charge in [0, 0.05) is 18.7 Å². The highest BCUT2D eigenvalue weighted by Gasteiger charge is 2.28. The molecular formula is C9H14ClN3. The molecule has 1 aliphatic rings. The number of hydrogen-bond donors (Lipinski definition) is 1. The van der Waals surface area contributed by atoms with Gasteiger partial charge in [-0.1, -0.05) is 11.6 Å². The zero-order chi connectivity index (χ0) is 9.26. The molecular weight excluding hydrogens is 186 g/mol. The van der Waals surface area contributed by atoms with Crippen LogP contribution in [-0.2, 0) is 6.54 Å². The average Bonchev–Trinajstić information content (AvgIpc) is 2.88. The molecule has 4 heteroatoms. The lowest BCUT2D eigenvalue weighted by atomic mass is 10.3. The second kappa shape index (κ2) is 3.68. The van der Waals surface area contributed by atoms with Gasteiger partial charge in [0.1, 0.15) is 0 Å². The summed E-state index contributed by atoms with van der Waals surface area (Å²) in [5.41, 5.74) is 6.50. The van der Waals surface area contributed by atoms with Crippen molar-refractivity contribution in [2.75, 3.05) is 6.54 Å². The number of aromatic nitrogens is 2. The third kappa shape index (κ3) is 2.03. The number of hydrogen-bond acceptors (Lipinski definition) is 2. The molecule has 1 aliphatic carbocycles. The van der Waals surface area contributed by atoms with Crippen molar-refractivity contribution in [2.24, 2.45) is 5.73 Å². The van der Waals surface area contributed by atoms with Gasteiger partial charge in [0.05, 0.1) is 10.7 Å². The zero-order valence-electron chi connectivity index (χ0n) is 7.54. The Bertz CT molecular complexity index is 291. The standard InChI is InChI=1S/C9H14ClN3/c10-8-6-13(5-1-4-11)12-9(8)7-2-3-7/h6-7H,1-5,11H2. The highest BCUT2D eigenvalue weighted by molar-refractivity contribution is 6.31. The third-order valence-corrected chi connectivity index (χ3v) is 2.59. The molecule has 2 N–H and O–H groups in total. The molecule has 0 unspecified atom stereocenters. The fraction of sp³-hybridized carbons (Fsp3) is 0.667. The molecule has 0 aromatic carbocycles. The van der Waals surface area contributed by atoms with Gasteiger partial charge in [-0.15, -0.1) is 0 Å². The van der Waals surface area contributed by atoms with Gasteiger partial charge in [-0.2, -0.15) is 5.10 Å². The van der Waals surface area contributed by atoms with E-state index in [4.69, 9.17) is 17.3 Å². The van der Waals surface area contributed by atoms with Crippen LogP contribution in [0.1, 0.15) is 30.9 Å². The Morgan fingerprint density at radius 2 is 2.38 bits per heavy atom. The van der Waals surface area contributed by atoms with Crippen LogP contribution >= 0.6 is 11.6 Å². The van der Waals surface area contributed by atoms with E-state index in [1.165, 1.54) is 12.8 Å². The Balaban J connectivity index is 2.05. The fourth-order valence-corrected chi connectivity index (χ4v) is 1.72. The van der Waals surface area contributed by atoms with Crippen LogP contribution in [0.5, 0.6) is 0 Å². The second-order valence-corrected chi connectivity index (χ2v) is 3.95. The first kappa shape index (κ1) is 9.03. The Morgan fingerprint density at radius 3 is 3.00 bits per heavy atom. The van der Waals surface area contributed by atoms with E-state index >= 15 is 0 Å². The van der Waals surface area contributed by atoms with Crippen molar-refractivity contribution in [2.45, 2.75) is 31.7 Å². The smallest absolute Gasteiger partial charge is 0.0841 e. The van der Waals surface area contributed by atoms with E-state index in [2.05, 4.69) is 5.10 Å². The van der Waals surface area contributed by atoms with E-state index < -0.39 is 0 Å². The van der Waals surface area contributed by atoms with Crippen LogP contribution in [0.2, 0.25) is 5.02 Å². The Labute approximate surface area is 82.9 Å². The van der Waals surface area contributed by atoms with E-state index in [1.54, 1.807) is 0 Å². The van der Waals surface area contributed by atoms with Crippen LogP contribution in [0.4, 0.5) is 0 Å². The molecule has 2 rings (SSSR count). The van der Waals surface area contributed by atoms with Gasteiger partial charge < -0.3 is 5.73 Å². The molecule has 0 aliphatic heterocycles. The summed E-state index contributed by atoms with van der Waals surface area (Å²) in [5.74, 6) is 0.631. The molecule has 1 aromatic heterocycles. The van der Waals surface area contributed by atoms with E-state index in [0.717, 1.165) is 23.7 Å². The Kier molecular flexibility index (Phi) is 2.56. The maximum absolute atomic E-state index is 6.04. The number of halogens is 1. The molecule has 0 atom stereocenters. The molecule has 13 heavy (non-hydrogen) atoms. The van der Waals surface area contributed by atoms with Crippen molar-refractivity contribution in [3.63, 3.8) is 0 Å². The normalized spacial score (nSPS) is 16.5. The highest BCUT2D eigenvalue weighted by atomic mass is 35.5. The Morgan fingerprint density at radius 1 is 1.62 bits per heavy atom. The Hall–Kier alpha value is -0.540. The summed E-state index contributed by atoms with van der Waals surface area (Å²) in [5, 5.41) is 5.26. The summed E-state index contributed by atoms with van der Waals surface area (Å²) in [6.07, 6.45) is 5.36. The third-order valence-electron chi connectivity index (χ3n) is 2.30. The van der Waals surface area contributed by atoms with Gasteiger partial charge in [-0.25, -0.2) is 0 Å². The largest absolute Gasteiger partial charge is 0.330 e. The predicted molar refractivity (Wildman–Crippen MR) is 52.9 cm³/mol. The van der Waals surface area contributed by atoms with E-state index in [9.17, 15) is 0 Å². The molecule has 0 spiro atoms. The first-order valence-corrected chi connectivity index (χ1v) is 5.12. The van der Waals surface area contributed by atoms with Crippen LogP contribution in [0, 0.1) is 0 Å². The van der Waals surface area contributed by atoms with Gasteiger partial charge in [0.2, 0.25) is 0 Å². The number of nitrogens with two attached hydrogens (primary N) is 1. The summed E-state index contributed by atoms with van der Waals surface area (Å²) in [7, 11) is 0. The van der Waals surface area contributed by atoms with Crippen molar-refractivity contribution in [3.05, 3.63) is 16.9 Å². The minimum Gasteiger partial charge on any atom is -0.330 e. The quantitative estimate of drug-likeness (QED) is 0.803. The fourth-order valence-electron chi connectivity index (χ4n) is 1.41. The van der Waals surface area contributed by atoms with Crippen LogP contribution < -0.4 is 5.73 Å². The lowest BCUT2D eigenvalue weighted by molar-refractivity contribution is 0.578. The lowest BCUT2D eigenvalue weighted by Gasteiger charge is -1.97. The highest BCUT2D eigenvalue weighted by Crippen LogP contribution is 2.42. The van der Waals surface area contributed by atoms with E-state index in [1.807, 2.05) is 10.9 Å². The first-order chi connectivity index (χ1) is 6.31. The SMILES string of the molecule is NCCCn1cc(Cl)c(C2CC2)n1. The molecule has 0 radical (unpaired) electrons. The predicted octanol–water partition coefficient (Wildman–Crippen LogP) is 1.76. The molecule has 1 heterocycles. The summed E-state index contributed by atoms with van der Waals surface area (Å²) in [6.45, 7) is 1.58. The number of rotatable bonds is 4. The van der Waals surface area contributed by atoms with Crippen LogP contribution in [0.25, 0.3) is 0 Å². The summed E-state index contributed by atoms with van der Waals surface area (Å²) < 4.78 is 1.91. The molecule has 1 fully saturated rings. The number of aryl methyl sites for hydroxylation is 1. The van der Waals surface area contributed by atoms with Gasteiger partial charge in [0.15, 0.2) is 0 Å². The maximum atomic E-state index is 6.04. The molecule has 0 saturated heterocycles. The second-order valence-electron chi connectivity index (χ2n) is 3.54. The van der Waals surface area contributed by atoms with Crippen LogP contribution in [0.3, 0.4) is 0 Å². The summed E-state index contributed by atoms with van der Waals surface area (Å²) in [6, 6.07) is 0. The zero-order valence-corrected chi connectivity index (χ0v) is 8.30. The average molecular weight is 200 g/mol. The monoisotopic (exact) mass is 199 g/mol. The van der Waals surface area contributed by atoms with Gasteiger partial charge in [0.25, 0.3) is 0 Å². The van der Waals surface area contributed by atoms with Crippen LogP contribution in [-0.4, -0.2) is 16.3 Å². The van der Waals surface area contributed by atoms with Crippen molar-refractivity contribution in [1.82, 2.24) is 9.78 Å². The van der Waals surface area contributed by atoms with Crippen molar-refractivity contribution in [3.8, 4) is 0 Å². The minimum atomic E-state index is 0.631. The molecule has 3 nitrogen and oxygen atoms in total. The van der Waals surface area contributed by atoms with Crippen molar-refractivity contribution >= 4 is 11.6 Å². The topological polar surface area (TPSA) is 43.8 Å². The van der Waals surface area contributed by atoms with Crippen LogP contribution in [0.15, 0.2) is 6.20 Å². The molecule has 72 valence electrons. The molecule has 0 bridgehead atoms. The van der Waals surface area contributed by atoms with Crippen molar-refractivity contribution < 1.29 is 0 Å². The molecule has 1 saturated carbocycles. The summed E-state index contributed by atoms with van der Waals surface area (Å²) in [4.78, 5) is 0. The van der Waals surface area contributed by atoms with Gasteiger partial charge in [-0.05, 0) is 25.8 Å². The first-order valence-electron chi connectivity index (χ1n) is 4.74. The maximum Gasteiger partial charge on any atom is 0.0841 e. The van der Waals surface area contributed by atoms with Gasteiger partial charge in [-0.3, -0.25) is 4.68 Å². The molecule has 0 amide bonds.